The highest BCUT2D eigenvalue weighted by Gasteiger charge is 2.39. The average Bonchev–Trinajstić information content (AvgIpc) is 3.27. The van der Waals surface area contributed by atoms with Crippen LogP contribution in [0, 0.1) is 0 Å². The first kappa shape index (κ1) is 18.7. The maximum Gasteiger partial charge on any atom is 0.131 e. The highest BCUT2D eigenvalue weighted by atomic mass is 16.5. The van der Waals surface area contributed by atoms with E-state index in [0.29, 0.717) is 5.92 Å². The number of hydrogen-bond donors (Lipinski definition) is 0. The predicted molar refractivity (Wildman–Crippen MR) is 138 cm³/mol. The molecule has 0 radical (unpaired) electrons. The Balaban J connectivity index is 1.54. The second-order valence-electron chi connectivity index (χ2n) is 9.13. The third-order valence-electron chi connectivity index (χ3n) is 7.37. The molecule has 33 heavy (non-hydrogen) atoms. The smallest absolute Gasteiger partial charge is 0.131 e. The molecule has 0 saturated carbocycles. The van der Waals surface area contributed by atoms with Gasteiger partial charge in [0.15, 0.2) is 0 Å². The van der Waals surface area contributed by atoms with Gasteiger partial charge in [0.1, 0.15) is 11.9 Å². The summed E-state index contributed by atoms with van der Waals surface area (Å²) in [5.74, 6) is 1.47. The molecule has 7 rings (SSSR count). The van der Waals surface area contributed by atoms with Gasteiger partial charge in [0.2, 0.25) is 0 Å². The molecule has 2 aliphatic rings. The van der Waals surface area contributed by atoms with E-state index in [4.69, 9.17) is 4.74 Å². The Morgan fingerprint density at radius 2 is 1.15 bits per heavy atom. The molecule has 2 atom stereocenters. The highest BCUT2D eigenvalue weighted by Crippen LogP contribution is 2.51. The lowest BCUT2D eigenvalue weighted by atomic mass is 9.77. The fraction of sp³-hybridized carbons (Fsp3) is 0.125. The molecule has 0 spiro atoms. The second-order valence-corrected chi connectivity index (χ2v) is 9.13. The molecule has 0 fully saturated rings. The average molecular weight is 425 g/mol. The van der Waals surface area contributed by atoms with Crippen LogP contribution >= 0.6 is 0 Å². The van der Waals surface area contributed by atoms with E-state index in [1.807, 2.05) is 0 Å². The van der Waals surface area contributed by atoms with Gasteiger partial charge < -0.3 is 4.74 Å². The third-order valence-corrected chi connectivity index (χ3v) is 7.37. The van der Waals surface area contributed by atoms with E-state index >= 15 is 0 Å². The third kappa shape index (κ3) is 2.79. The van der Waals surface area contributed by atoms with Crippen LogP contribution in [0.3, 0.4) is 0 Å². The minimum atomic E-state index is 0.0746. The van der Waals surface area contributed by atoms with Crippen LogP contribution in [0.5, 0.6) is 5.75 Å². The normalized spacial score (nSPS) is 19.1. The lowest BCUT2D eigenvalue weighted by Gasteiger charge is -2.29. The lowest BCUT2D eigenvalue weighted by Crippen LogP contribution is -2.24. The number of allylic oxidation sites excluding steroid dienone is 1. The van der Waals surface area contributed by atoms with Gasteiger partial charge in [-0.05, 0) is 62.7 Å². The van der Waals surface area contributed by atoms with Gasteiger partial charge in [0, 0.05) is 11.5 Å². The summed E-state index contributed by atoms with van der Waals surface area (Å²) in [6, 6.07) is 37.2. The lowest BCUT2D eigenvalue weighted by molar-refractivity contribution is 0.254. The van der Waals surface area contributed by atoms with Crippen molar-refractivity contribution in [3.05, 3.63) is 120 Å². The first-order chi connectivity index (χ1) is 16.4. The summed E-state index contributed by atoms with van der Waals surface area (Å²) < 4.78 is 6.62. The Morgan fingerprint density at radius 3 is 1.85 bits per heavy atom. The monoisotopic (exact) mass is 424 g/mol. The van der Waals surface area contributed by atoms with Crippen molar-refractivity contribution >= 4 is 27.1 Å². The predicted octanol–water partition coefficient (Wildman–Crippen LogP) is 8.38. The van der Waals surface area contributed by atoms with Crippen molar-refractivity contribution in [3.63, 3.8) is 0 Å². The standard InChI is InChI=1S/C32H24O/c1-2-11-21(12-3-1)30-23-14-4-6-16-25(23)31(26-17-7-5-15-24(26)30)28-19-10-18-27-22-13-8-9-20-29(22)33-32(27)28/h1-9,11-17,19-20,27,32H,10,18H2. The van der Waals surface area contributed by atoms with E-state index in [2.05, 4.69) is 109 Å². The van der Waals surface area contributed by atoms with Gasteiger partial charge in [-0.15, -0.1) is 0 Å². The van der Waals surface area contributed by atoms with E-state index in [9.17, 15) is 0 Å². The Bertz CT molecular complexity index is 1490. The number of rotatable bonds is 2. The minimum absolute atomic E-state index is 0.0746. The van der Waals surface area contributed by atoms with Gasteiger partial charge in [-0.25, -0.2) is 0 Å². The van der Waals surface area contributed by atoms with E-state index in [1.165, 1.54) is 49.4 Å². The first-order valence-corrected chi connectivity index (χ1v) is 11.8. The van der Waals surface area contributed by atoms with Gasteiger partial charge in [0.25, 0.3) is 0 Å². The van der Waals surface area contributed by atoms with E-state index in [1.54, 1.807) is 0 Å². The first-order valence-electron chi connectivity index (χ1n) is 11.8. The number of benzene rings is 5. The Kier molecular flexibility index (Phi) is 4.17. The van der Waals surface area contributed by atoms with Crippen LogP contribution in [0.2, 0.25) is 0 Å². The van der Waals surface area contributed by atoms with Crippen molar-refractivity contribution in [1.29, 1.82) is 0 Å². The molecule has 1 aliphatic carbocycles. The zero-order chi connectivity index (χ0) is 21.8. The largest absolute Gasteiger partial charge is 0.485 e. The summed E-state index contributed by atoms with van der Waals surface area (Å²) in [5.41, 5.74) is 6.62. The summed E-state index contributed by atoms with van der Waals surface area (Å²) in [5, 5.41) is 5.22. The maximum atomic E-state index is 6.62. The molecule has 1 nitrogen and oxygen atoms in total. The van der Waals surface area contributed by atoms with Crippen molar-refractivity contribution in [3.8, 4) is 16.9 Å². The van der Waals surface area contributed by atoms with Crippen LogP contribution in [0.25, 0.3) is 38.2 Å². The van der Waals surface area contributed by atoms with Crippen molar-refractivity contribution < 1.29 is 4.74 Å². The summed E-state index contributed by atoms with van der Waals surface area (Å²) in [4.78, 5) is 0. The minimum Gasteiger partial charge on any atom is -0.485 e. The Hall–Kier alpha value is -3.84. The zero-order valence-electron chi connectivity index (χ0n) is 18.4. The van der Waals surface area contributed by atoms with E-state index < -0.39 is 0 Å². The fourth-order valence-corrected chi connectivity index (χ4v) is 6.00. The van der Waals surface area contributed by atoms with Gasteiger partial charge in [-0.2, -0.15) is 0 Å². The molecule has 2 unspecified atom stereocenters. The van der Waals surface area contributed by atoms with Gasteiger partial charge in [-0.3, -0.25) is 0 Å². The van der Waals surface area contributed by atoms with Crippen molar-refractivity contribution in [2.45, 2.75) is 24.9 Å². The quantitative estimate of drug-likeness (QED) is 0.259. The molecular weight excluding hydrogens is 400 g/mol. The van der Waals surface area contributed by atoms with Crippen LogP contribution < -0.4 is 4.74 Å². The summed E-state index contributed by atoms with van der Waals surface area (Å²) in [7, 11) is 0. The SMILES string of the molecule is C1=C(c2c3ccccc3c(-c3ccccc3)c3ccccc23)C2Oc3ccccc3C2CC1. The molecule has 0 N–H and O–H groups in total. The Morgan fingerprint density at radius 1 is 0.576 bits per heavy atom. The molecule has 0 bridgehead atoms. The molecule has 1 heterocycles. The molecule has 1 aliphatic heterocycles. The number of fused-ring (bicyclic) bond motifs is 5. The molecule has 1 heteroatoms. The van der Waals surface area contributed by atoms with Crippen LogP contribution in [-0.2, 0) is 0 Å². The number of hydrogen-bond acceptors (Lipinski definition) is 1. The van der Waals surface area contributed by atoms with Crippen LogP contribution in [-0.4, -0.2) is 6.10 Å². The van der Waals surface area contributed by atoms with Crippen LogP contribution in [0.1, 0.15) is 29.9 Å². The number of ether oxygens (including phenoxy) is 1. The van der Waals surface area contributed by atoms with Crippen LogP contribution in [0.15, 0.2) is 109 Å². The van der Waals surface area contributed by atoms with E-state index in [-0.39, 0.29) is 6.10 Å². The van der Waals surface area contributed by atoms with Crippen LogP contribution in [0.4, 0.5) is 0 Å². The van der Waals surface area contributed by atoms with Gasteiger partial charge in [0.05, 0.1) is 0 Å². The second kappa shape index (κ2) is 7.35. The topological polar surface area (TPSA) is 9.23 Å². The molecule has 0 amide bonds. The van der Waals surface area contributed by atoms with Gasteiger partial charge >= 0.3 is 0 Å². The van der Waals surface area contributed by atoms with Crippen molar-refractivity contribution in [1.82, 2.24) is 0 Å². The highest BCUT2D eigenvalue weighted by molar-refractivity contribution is 6.19. The summed E-state index contributed by atoms with van der Waals surface area (Å²) in [6.45, 7) is 0. The van der Waals surface area contributed by atoms with Crippen molar-refractivity contribution in [2.24, 2.45) is 0 Å². The molecule has 158 valence electrons. The summed E-state index contributed by atoms with van der Waals surface area (Å²) in [6.07, 6.45) is 4.73. The van der Waals surface area contributed by atoms with Gasteiger partial charge in [-0.1, -0.05) is 103 Å². The maximum absolute atomic E-state index is 6.62. The Labute approximate surface area is 194 Å². The molecule has 0 saturated heterocycles. The molecule has 5 aromatic carbocycles. The summed E-state index contributed by atoms with van der Waals surface area (Å²) >= 11 is 0. The number of para-hydroxylation sites is 1. The molecule has 0 aromatic heterocycles. The molecule has 5 aromatic rings. The molecular formula is C32H24O. The zero-order valence-corrected chi connectivity index (χ0v) is 18.4. The fourth-order valence-electron chi connectivity index (χ4n) is 6.00. The van der Waals surface area contributed by atoms with E-state index in [0.717, 1.165) is 18.6 Å². The van der Waals surface area contributed by atoms with Crippen molar-refractivity contribution in [2.75, 3.05) is 0 Å².